The number of carbonyl (C=O) groups is 4. The molecule has 1 saturated heterocycles. The van der Waals surface area contributed by atoms with Crippen LogP contribution >= 0.6 is 35.2 Å². The first kappa shape index (κ1) is 49.3. The van der Waals surface area contributed by atoms with Gasteiger partial charge in [-0.25, -0.2) is 28.6 Å². The van der Waals surface area contributed by atoms with E-state index in [0.29, 0.717) is 11.8 Å². The fourth-order valence-corrected chi connectivity index (χ4v) is 8.66. The van der Waals surface area contributed by atoms with E-state index < -0.39 is 108 Å². The van der Waals surface area contributed by atoms with Gasteiger partial charge in [0, 0.05) is 30.7 Å². The van der Waals surface area contributed by atoms with Crippen molar-refractivity contribution >= 4 is 75.1 Å². The van der Waals surface area contributed by atoms with Crippen LogP contribution in [0.15, 0.2) is 12.7 Å². The van der Waals surface area contributed by atoms with Crippen molar-refractivity contribution in [1.29, 1.82) is 0 Å². The Kier molecular flexibility index (Phi) is 17.8. The van der Waals surface area contributed by atoms with E-state index in [1.807, 2.05) is 0 Å². The van der Waals surface area contributed by atoms with Gasteiger partial charge in [-0.15, -0.1) is 0 Å². The average molecular weight is 914 g/mol. The number of aliphatic hydroxyl groups excluding tert-OH is 2. The fourth-order valence-electron chi connectivity index (χ4n) is 5.01. The van der Waals surface area contributed by atoms with Gasteiger partial charge in [0.2, 0.25) is 16.9 Å². The highest BCUT2D eigenvalue weighted by Gasteiger charge is 2.50. The second-order valence-corrected chi connectivity index (χ2v) is 18.3. The summed E-state index contributed by atoms with van der Waals surface area (Å²) in [6.07, 6.45) is -7.49. The van der Waals surface area contributed by atoms with E-state index >= 15 is 0 Å². The summed E-state index contributed by atoms with van der Waals surface area (Å²) in [5.41, 5.74) is 4.15. The summed E-state index contributed by atoms with van der Waals surface area (Å²) in [6, 6.07) is 0. The molecule has 3 unspecified atom stereocenters. The number of alkyl halides is 1. The van der Waals surface area contributed by atoms with E-state index in [1.165, 1.54) is 13.8 Å². The molecule has 0 aromatic carbocycles. The number of hydrogen-bond donors (Lipinski definition) is 10. The number of nitrogen functional groups attached to an aromatic ring is 1. The number of carbonyl (C=O) groups excluding carboxylic acids is 3. The van der Waals surface area contributed by atoms with Crippen molar-refractivity contribution in [2.24, 2.45) is 11.3 Å². The fraction of sp³-hybridized carbons (Fsp3) is 0.667. The maximum absolute atomic E-state index is 12.7. The molecule has 1 fully saturated rings. The number of aliphatic carboxylic acids is 1. The van der Waals surface area contributed by atoms with E-state index in [2.05, 4.69) is 34.4 Å². The third-order valence-electron chi connectivity index (χ3n) is 7.96. The van der Waals surface area contributed by atoms with Crippen LogP contribution in [0.1, 0.15) is 39.3 Å². The molecule has 0 saturated carbocycles. The van der Waals surface area contributed by atoms with Crippen molar-refractivity contribution < 1.29 is 94.8 Å². The number of aliphatic hydroxyl groups is 2. The maximum atomic E-state index is 12.7. The van der Waals surface area contributed by atoms with Crippen LogP contribution in [0.2, 0.25) is 0 Å². The lowest BCUT2D eigenvalue weighted by atomic mass is 9.87. The molecule has 3 rings (SSSR count). The molecule has 0 aliphatic carbocycles. The standard InChI is InChI=1S/C27H43FN7O19P3S/c1-27(2,20(38)23(39)31-7-5-16(36)30-8-9-58-26(42)14(25(40)41)4-3-6-28)11-51-57(48,49)54-56(46,47)50-10-15-19(53-55(43,44)45)18(37)24(52-15)35-13-34-17-21(29)32-12-33-22(17)35/h12-15,18-20,24,37-38H,3-11H2,1-2H3,(H,30,36)(H,31,39)(H,40,41)(H,46,47)(H,48,49)(H2,29,32,33)(H2,43,44,45)/t14?,15-,18-,19-,20+,24-/m1/s1. The Morgan fingerprint density at radius 1 is 1.07 bits per heavy atom. The first-order valence-electron chi connectivity index (χ1n) is 16.7. The summed E-state index contributed by atoms with van der Waals surface area (Å²) in [5, 5.41) is 34.5. The molecule has 1 aliphatic rings. The number of nitrogens with zero attached hydrogens (tertiary/aromatic N) is 4. The highest BCUT2D eigenvalue weighted by molar-refractivity contribution is 8.13. The van der Waals surface area contributed by atoms with Gasteiger partial charge in [0.25, 0.3) is 0 Å². The lowest BCUT2D eigenvalue weighted by Gasteiger charge is -2.30. The number of hydrogen-bond acceptors (Lipinski definition) is 19. The molecule has 26 nitrogen and oxygen atoms in total. The van der Waals surface area contributed by atoms with Crippen LogP contribution in [-0.2, 0) is 55.5 Å². The van der Waals surface area contributed by atoms with Gasteiger partial charge in [0.15, 0.2) is 17.7 Å². The van der Waals surface area contributed by atoms with Crippen molar-refractivity contribution in [3.05, 3.63) is 12.7 Å². The number of nitrogens with one attached hydrogen (secondary N) is 2. The van der Waals surface area contributed by atoms with Gasteiger partial charge in [-0.1, -0.05) is 25.6 Å². The zero-order valence-corrected chi connectivity index (χ0v) is 34.0. The Bertz CT molecular complexity index is 1920. The molecule has 2 aromatic rings. The predicted molar refractivity (Wildman–Crippen MR) is 193 cm³/mol. The van der Waals surface area contributed by atoms with E-state index in [0.717, 1.165) is 17.2 Å². The summed E-state index contributed by atoms with van der Waals surface area (Å²) in [7, 11) is -16.5. The lowest BCUT2D eigenvalue weighted by molar-refractivity contribution is -0.144. The minimum absolute atomic E-state index is 0.0119. The number of fused-ring (bicyclic) bond motifs is 1. The summed E-state index contributed by atoms with van der Waals surface area (Å²) in [6.45, 7) is -0.806. The molecule has 328 valence electrons. The van der Waals surface area contributed by atoms with Crippen molar-refractivity contribution in [3.63, 3.8) is 0 Å². The predicted octanol–water partition coefficient (Wildman–Crippen LogP) is -0.885. The second-order valence-electron chi connectivity index (χ2n) is 13.0. The van der Waals surface area contributed by atoms with Crippen LogP contribution in [0.3, 0.4) is 0 Å². The van der Waals surface area contributed by atoms with E-state index in [1.54, 1.807) is 0 Å². The number of aromatic nitrogens is 4. The Balaban J connectivity index is 1.48. The van der Waals surface area contributed by atoms with Gasteiger partial charge in [-0.05, 0) is 12.8 Å². The number of thioether (sulfide) groups is 1. The molecule has 1 aliphatic heterocycles. The molecule has 2 aromatic heterocycles. The van der Waals surface area contributed by atoms with Crippen LogP contribution in [0.4, 0.5) is 10.2 Å². The third kappa shape index (κ3) is 14.6. The van der Waals surface area contributed by atoms with Crippen molar-refractivity contribution in [3.8, 4) is 0 Å². The topological polar surface area (TPSA) is 401 Å². The summed E-state index contributed by atoms with van der Waals surface area (Å²) < 4.78 is 74.3. The zero-order chi connectivity index (χ0) is 43.6. The van der Waals surface area contributed by atoms with Gasteiger partial charge in [-0.2, -0.15) is 4.31 Å². The minimum Gasteiger partial charge on any atom is -0.481 e. The lowest BCUT2D eigenvalue weighted by Crippen LogP contribution is -2.46. The maximum Gasteiger partial charge on any atom is 0.481 e. The third-order valence-corrected chi connectivity index (χ3v) is 12.0. The van der Waals surface area contributed by atoms with Crippen LogP contribution in [-0.4, -0.2) is 140 Å². The smallest absolute Gasteiger partial charge is 0.481 e. The number of phosphoric ester groups is 3. The molecule has 11 N–H and O–H groups in total. The van der Waals surface area contributed by atoms with Crippen molar-refractivity contribution in [1.82, 2.24) is 30.2 Å². The summed E-state index contributed by atoms with van der Waals surface area (Å²) >= 11 is 0.654. The first-order valence-corrected chi connectivity index (χ1v) is 22.2. The molecular formula is C27H43FN7O19P3S. The van der Waals surface area contributed by atoms with Gasteiger partial charge in [0.05, 0.1) is 26.2 Å². The molecule has 3 heterocycles. The normalized spacial score (nSPS) is 21.8. The number of halogens is 1. The molecule has 2 amide bonds. The van der Waals surface area contributed by atoms with E-state index in [4.69, 9.17) is 24.6 Å². The SMILES string of the molecule is CC(C)(COP(=O)(O)OP(=O)(O)OC[C@H]1O[C@@H](n2cnc3c(N)ncnc32)[C@H](O)[C@@H]1OP(=O)(O)O)[C@@H](O)C(=O)NCCC(=O)NCCSC(=O)C(CCCF)C(=O)O. The Morgan fingerprint density at radius 2 is 1.74 bits per heavy atom. The molecule has 0 spiro atoms. The number of ether oxygens (including phenoxy) is 1. The largest absolute Gasteiger partial charge is 0.481 e. The highest BCUT2D eigenvalue weighted by atomic mass is 32.2. The first-order chi connectivity index (χ1) is 26.9. The van der Waals surface area contributed by atoms with Gasteiger partial charge >= 0.3 is 29.4 Å². The molecular weight excluding hydrogens is 870 g/mol. The van der Waals surface area contributed by atoms with Gasteiger partial charge in [0.1, 0.15) is 42.2 Å². The quantitative estimate of drug-likeness (QED) is 0.0347. The Morgan fingerprint density at radius 3 is 2.38 bits per heavy atom. The van der Waals surface area contributed by atoms with Crippen molar-refractivity contribution in [2.45, 2.75) is 63.8 Å². The zero-order valence-electron chi connectivity index (χ0n) is 30.5. The molecule has 0 radical (unpaired) electrons. The number of rotatable bonds is 24. The average Bonchev–Trinajstić information content (AvgIpc) is 3.68. The number of carboxylic acids is 1. The minimum atomic E-state index is -5.61. The van der Waals surface area contributed by atoms with E-state index in [-0.39, 0.29) is 55.1 Å². The highest BCUT2D eigenvalue weighted by Crippen LogP contribution is 2.61. The summed E-state index contributed by atoms with van der Waals surface area (Å²) in [5.74, 6) is -4.44. The second kappa shape index (κ2) is 21.0. The Hall–Kier alpha value is -3.04. The Labute approximate surface area is 331 Å². The molecule has 8 atom stereocenters. The van der Waals surface area contributed by atoms with Crippen LogP contribution in [0.25, 0.3) is 11.2 Å². The van der Waals surface area contributed by atoms with Crippen LogP contribution in [0.5, 0.6) is 0 Å². The van der Waals surface area contributed by atoms with Crippen LogP contribution in [0, 0.1) is 11.3 Å². The number of amides is 2. The summed E-state index contributed by atoms with van der Waals surface area (Å²) in [4.78, 5) is 98.7. The number of carboxylic acid groups (broad SMARTS) is 1. The number of anilines is 1. The van der Waals surface area contributed by atoms with Gasteiger partial charge < -0.3 is 56.0 Å². The monoisotopic (exact) mass is 913 g/mol. The van der Waals surface area contributed by atoms with Gasteiger partial charge in [-0.3, -0.25) is 41.7 Å². The van der Waals surface area contributed by atoms with Crippen LogP contribution < -0.4 is 16.4 Å². The number of nitrogens with two attached hydrogens (primary N) is 1. The number of imidazole rings is 1. The van der Waals surface area contributed by atoms with Crippen molar-refractivity contribution in [2.75, 3.05) is 44.5 Å². The molecule has 0 bridgehead atoms. The number of phosphoric acid groups is 3. The molecule has 58 heavy (non-hydrogen) atoms. The molecule has 31 heteroatoms. The van der Waals surface area contributed by atoms with E-state index in [9.17, 15) is 67.1 Å².